The standard InChI is InChI=1S/C14H14F3N3OS/c1-2-20(7-5-12-18-6-8-22-12)13(21)10-3-4-11(19-9-10)14(15,16)17/h3-4,6,8-9H,2,5,7H2,1H3. The lowest BCUT2D eigenvalue weighted by Gasteiger charge is -2.20. The van der Waals surface area contributed by atoms with E-state index in [-0.39, 0.29) is 11.5 Å². The van der Waals surface area contributed by atoms with Gasteiger partial charge in [0.05, 0.1) is 10.6 Å². The molecule has 0 aliphatic rings. The highest BCUT2D eigenvalue weighted by Crippen LogP contribution is 2.27. The first-order valence-corrected chi connectivity index (χ1v) is 7.50. The maximum absolute atomic E-state index is 12.5. The Morgan fingerprint density at radius 3 is 2.59 bits per heavy atom. The number of thiazole rings is 1. The van der Waals surface area contributed by atoms with Gasteiger partial charge >= 0.3 is 6.18 Å². The van der Waals surface area contributed by atoms with Crippen molar-refractivity contribution in [3.05, 3.63) is 46.2 Å². The fourth-order valence-electron chi connectivity index (χ4n) is 1.88. The maximum Gasteiger partial charge on any atom is 0.433 e. The SMILES string of the molecule is CCN(CCc1nccs1)C(=O)c1ccc(C(F)(F)F)nc1. The topological polar surface area (TPSA) is 46.1 Å². The van der Waals surface area contributed by atoms with Crippen molar-refractivity contribution in [1.82, 2.24) is 14.9 Å². The Balaban J connectivity index is 2.04. The van der Waals surface area contributed by atoms with Gasteiger partial charge in [-0.1, -0.05) is 0 Å². The van der Waals surface area contributed by atoms with Crippen molar-refractivity contribution in [3.8, 4) is 0 Å². The normalized spacial score (nSPS) is 11.5. The Hall–Kier alpha value is -1.96. The third kappa shape index (κ3) is 4.03. The number of halogens is 3. The Labute approximate surface area is 129 Å². The van der Waals surface area contributed by atoms with Crippen LogP contribution in [0.1, 0.15) is 28.0 Å². The van der Waals surface area contributed by atoms with Crippen LogP contribution in [-0.4, -0.2) is 33.9 Å². The van der Waals surface area contributed by atoms with E-state index < -0.39 is 11.9 Å². The molecule has 0 atom stereocenters. The van der Waals surface area contributed by atoms with Crippen LogP contribution in [0.4, 0.5) is 13.2 Å². The summed E-state index contributed by atoms with van der Waals surface area (Å²) < 4.78 is 37.4. The van der Waals surface area contributed by atoms with Crippen LogP contribution in [0.15, 0.2) is 29.9 Å². The molecule has 2 aromatic heterocycles. The summed E-state index contributed by atoms with van der Waals surface area (Å²) in [4.78, 5) is 21.3. The largest absolute Gasteiger partial charge is 0.433 e. The molecule has 0 radical (unpaired) electrons. The lowest BCUT2D eigenvalue weighted by molar-refractivity contribution is -0.141. The number of amides is 1. The lowest BCUT2D eigenvalue weighted by Crippen LogP contribution is -2.32. The molecule has 0 aliphatic carbocycles. The highest BCUT2D eigenvalue weighted by molar-refractivity contribution is 7.09. The second kappa shape index (κ2) is 6.87. The second-order valence-corrected chi connectivity index (χ2v) is 5.47. The van der Waals surface area contributed by atoms with Gasteiger partial charge in [-0.2, -0.15) is 13.2 Å². The zero-order valence-corrected chi connectivity index (χ0v) is 12.6. The van der Waals surface area contributed by atoms with E-state index in [0.29, 0.717) is 19.5 Å². The predicted molar refractivity (Wildman–Crippen MR) is 76.6 cm³/mol. The zero-order chi connectivity index (χ0) is 16.2. The van der Waals surface area contributed by atoms with Gasteiger partial charge in [0, 0.05) is 37.3 Å². The summed E-state index contributed by atoms with van der Waals surface area (Å²) in [6.45, 7) is 2.74. The van der Waals surface area contributed by atoms with Gasteiger partial charge < -0.3 is 4.90 Å². The predicted octanol–water partition coefficient (Wildman–Crippen LogP) is 3.26. The molecular formula is C14H14F3N3OS. The monoisotopic (exact) mass is 329 g/mol. The van der Waals surface area contributed by atoms with E-state index >= 15 is 0 Å². The molecule has 2 rings (SSSR count). The van der Waals surface area contributed by atoms with E-state index in [4.69, 9.17) is 0 Å². The van der Waals surface area contributed by atoms with E-state index in [2.05, 4.69) is 9.97 Å². The van der Waals surface area contributed by atoms with Crippen molar-refractivity contribution in [2.24, 2.45) is 0 Å². The van der Waals surface area contributed by atoms with E-state index in [1.165, 1.54) is 11.3 Å². The van der Waals surface area contributed by atoms with Crippen LogP contribution in [0.25, 0.3) is 0 Å². The molecule has 0 saturated carbocycles. The van der Waals surface area contributed by atoms with E-state index in [1.54, 1.807) is 11.1 Å². The fraction of sp³-hybridized carbons (Fsp3) is 0.357. The van der Waals surface area contributed by atoms with Crippen molar-refractivity contribution < 1.29 is 18.0 Å². The molecule has 0 fully saturated rings. The Bertz CT molecular complexity index is 611. The van der Waals surface area contributed by atoms with Crippen LogP contribution in [0.2, 0.25) is 0 Å². The number of carbonyl (C=O) groups excluding carboxylic acids is 1. The molecule has 2 heterocycles. The van der Waals surface area contributed by atoms with Crippen molar-refractivity contribution >= 4 is 17.2 Å². The summed E-state index contributed by atoms with van der Waals surface area (Å²) in [7, 11) is 0. The first-order chi connectivity index (χ1) is 10.4. The van der Waals surface area contributed by atoms with Gasteiger partial charge in [0.1, 0.15) is 5.69 Å². The molecule has 0 aromatic carbocycles. The number of nitrogens with zero attached hydrogens (tertiary/aromatic N) is 3. The Kier molecular flexibility index (Phi) is 5.12. The van der Waals surface area contributed by atoms with Gasteiger partial charge in [-0.15, -0.1) is 11.3 Å². The Morgan fingerprint density at radius 1 is 1.32 bits per heavy atom. The van der Waals surface area contributed by atoms with E-state index in [0.717, 1.165) is 23.3 Å². The molecule has 8 heteroatoms. The van der Waals surface area contributed by atoms with E-state index in [1.807, 2.05) is 12.3 Å². The second-order valence-electron chi connectivity index (χ2n) is 4.49. The average Bonchev–Trinajstić information content (AvgIpc) is 3.00. The molecule has 1 amide bonds. The first-order valence-electron chi connectivity index (χ1n) is 6.62. The number of aromatic nitrogens is 2. The van der Waals surface area contributed by atoms with Crippen molar-refractivity contribution in [3.63, 3.8) is 0 Å². The number of rotatable bonds is 5. The third-order valence-corrected chi connectivity index (χ3v) is 3.89. The molecule has 0 N–H and O–H groups in total. The quantitative estimate of drug-likeness (QED) is 0.846. The van der Waals surface area contributed by atoms with Crippen LogP contribution in [0.3, 0.4) is 0 Å². The molecule has 4 nitrogen and oxygen atoms in total. The maximum atomic E-state index is 12.5. The van der Waals surface area contributed by atoms with Gasteiger partial charge in [0.25, 0.3) is 5.91 Å². The average molecular weight is 329 g/mol. The van der Waals surface area contributed by atoms with Crippen molar-refractivity contribution in [2.75, 3.05) is 13.1 Å². The summed E-state index contributed by atoms with van der Waals surface area (Å²) in [6, 6.07) is 1.98. The number of hydrogen-bond donors (Lipinski definition) is 0. The smallest absolute Gasteiger partial charge is 0.338 e. The number of carbonyl (C=O) groups is 1. The minimum Gasteiger partial charge on any atom is -0.338 e. The van der Waals surface area contributed by atoms with Gasteiger partial charge in [-0.3, -0.25) is 9.78 Å². The van der Waals surface area contributed by atoms with Crippen LogP contribution >= 0.6 is 11.3 Å². The van der Waals surface area contributed by atoms with E-state index in [9.17, 15) is 18.0 Å². The summed E-state index contributed by atoms with van der Waals surface area (Å²) in [6.07, 6.45) is -1.22. The lowest BCUT2D eigenvalue weighted by atomic mass is 10.2. The molecule has 22 heavy (non-hydrogen) atoms. The molecular weight excluding hydrogens is 315 g/mol. The number of pyridine rings is 1. The highest BCUT2D eigenvalue weighted by Gasteiger charge is 2.32. The number of hydrogen-bond acceptors (Lipinski definition) is 4. The third-order valence-electron chi connectivity index (χ3n) is 3.05. The molecule has 0 bridgehead atoms. The Morgan fingerprint density at radius 2 is 2.09 bits per heavy atom. The van der Waals surface area contributed by atoms with Crippen LogP contribution < -0.4 is 0 Å². The molecule has 0 spiro atoms. The molecule has 0 saturated heterocycles. The van der Waals surface area contributed by atoms with Gasteiger partial charge in [0.2, 0.25) is 0 Å². The first kappa shape index (κ1) is 16.4. The van der Waals surface area contributed by atoms with Gasteiger partial charge in [-0.05, 0) is 19.1 Å². The number of likely N-dealkylation sites (N-methyl/N-ethyl adjacent to an activating group) is 1. The molecule has 118 valence electrons. The molecule has 2 aromatic rings. The van der Waals surface area contributed by atoms with Crippen molar-refractivity contribution in [2.45, 2.75) is 19.5 Å². The summed E-state index contributed by atoms with van der Waals surface area (Å²) >= 11 is 1.50. The summed E-state index contributed by atoms with van der Waals surface area (Å²) in [5.41, 5.74) is -0.858. The fourth-order valence-corrected chi connectivity index (χ4v) is 2.49. The minimum absolute atomic E-state index is 0.147. The minimum atomic E-state index is -4.50. The zero-order valence-electron chi connectivity index (χ0n) is 11.8. The van der Waals surface area contributed by atoms with Crippen LogP contribution in [-0.2, 0) is 12.6 Å². The summed E-state index contributed by atoms with van der Waals surface area (Å²) in [5.74, 6) is -0.333. The highest BCUT2D eigenvalue weighted by atomic mass is 32.1. The van der Waals surface area contributed by atoms with Crippen LogP contribution in [0.5, 0.6) is 0 Å². The summed E-state index contributed by atoms with van der Waals surface area (Å²) in [5, 5.41) is 2.77. The van der Waals surface area contributed by atoms with Gasteiger partial charge in [0.15, 0.2) is 0 Å². The molecule has 0 unspecified atom stereocenters. The van der Waals surface area contributed by atoms with Crippen LogP contribution in [0, 0.1) is 0 Å². The van der Waals surface area contributed by atoms with Gasteiger partial charge in [-0.25, -0.2) is 4.98 Å². The molecule has 0 aliphatic heterocycles. The number of alkyl halides is 3. The van der Waals surface area contributed by atoms with Crippen molar-refractivity contribution in [1.29, 1.82) is 0 Å².